The lowest BCUT2D eigenvalue weighted by atomic mass is 10.1. The van der Waals surface area contributed by atoms with Crippen LogP contribution in [0.2, 0.25) is 5.02 Å². The van der Waals surface area contributed by atoms with E-state index >= 15 is 0 Å². The normalized spacial score (nSPS) is 10.6. The maximum atomic E-state index is 12.3. The summed E-state index contributed by atoms with van der Waals surface area (Å²) >= 11 is 11.0. The molecule has 0 fully saturated rings. The third kappa shape index (κ3) is 5.24. The number of anilines is 1. The van der Waals surface area contributed by atoms with Gasteiger partial charge in [0, 0.05) is 9.90 Å². The Morgan fingerprint density at radius 1 is 1.26 bits per heavy atom. The van der Waals surface area contributed by atoms with Crippen LogP contribution in [0.15, 0.2) is 16.6 Å². The molecular weight excluding hydrogens is 454 g/mol. The highest BCUT2D eigenvalue weighted by Gasteiger charge is 2.19. The van der Waals surface area contributed by atoms with E-state index in [2.05, 4.69) is 21.2 Å². The molecule has 5 nitrogen and oxygen atoms in total. The topological polar surface area (TPSA) is 64.6 Å². The van der Waals surface area contributed by atoms with Gasteiger partial charge >= 0.3 is 5.97 Å². The highest BCUT2D eigenvalue weighted by Crippen LogP contribution is 2.36. The second kappa shape index (κ2) is 9.57. The fourth-order valence-corrected chi connectivity index (χ4v) is 4.07. The van der Waals surface area contributed by atoms with E-state index in [-0.39, 0.29) is 19.1 Å². The number of carbonyl (C=O) groups is 2. The highest BCUT2D eigenvalue weighted by molar-refractivity contribution is 9.10. The Kier molecular flexibility index (Phi) is 7.70. The summed E-state index contributed by atoms with van der Waals surface area (Å²) < 4.78 is 11.4. The van der Waals surface area contributed by atoms with E-state index in [0.29, 0.717) is 25.8 Å². The van der Waals surface area contributed by atoms with Crippen LogP contribution in [0.25, 0.3) is 0 Å². The van der Waals surface area contributed by atoms with Crippen molar-refractivity contribution in [3.8, 4) is 5.75 Å². The molecule has 0 aliphatic carbocycles. The van der Waals surface area contributed by atoms with E-state index in [1.54, 1.807) is 19.1 Å². The highest BCUT2D eigenvalue weighted by atomic mass is 79.9. The number of hydrogen-bond donors (Lipinski definition) is 1. The Bertz CT molecular complexity index is 866. The van der Waals surface area contributed by atoms with Gasteiger partial charge in [-0.05, 0) is 66.4 Å². The molecule has 0 aliphatic rings. The number of amides is 1. The Morgan fingerprint density at radius 2 is 1.96 bits per heavy atom. The van der Waals surface area contributed by atoms with Gasteiger partial charge in [-0.2, -0.15) is 0 Å². The molecule has 1 aromatic heterocycles. The summed E-state index contributed by atoms with van der Waals surface area (Å²) in [6.45, 7) is 7.55. The minimum atomic E-state index is -0.448. The minimum Gasteiger partial charge on any atom is -0.483 e. The van der Waals surface area contributed by atoms with Crippen molar-refractivity contribution in [2.45, 2.75) is 34.1 Å². The zero-order valence-electron chi connectivity index (χ0n) is 15.6. The summed E-state index contributed by atoms with van der Waals surface area (Å²) in [4.78, 5) is 25.4. The van der Waals surface area contributed by atoms with Gasteiger partial charge < -0.3 is 14.8 Å². The number of carbonyl (C=O) groups excluding carboxylic acids is 2. The Balaban J connectivity index is 2.11. The summed E-state index contributed by atoms with van der Waals surface area (Å²) in [7, 11) is 0. The number of thiophene rings is 1. The molecular formula is C19H21BrClNO4S. The predicted molar refractivity (Wildman–Crippen MR) is 112 cm³/mol. The largest absolute Gasteiger partial charge is 0.483 e. The van der Waals surface area contributed by atoms with Crippen molar-refractivity contribution in [3.63, 3.8) is 0 Å². The lowest BCUT2D eigenvalue weighted by Gasteiger charge is -2.13. The summed E-state index contributed by atoms with van der Waals surface area (Å²) in [5.74, 6) is -0.269. The molecule has 0 radical (unpaired) electrons. The SMILES string of the molecule is CCOC(=O)c1cc(CC)sc1NC(=O)COc1cc(C)c(Cl)c(C)c1Br. The van der Waals surface area contributed by atoms with Crippen molar-refractivity contribution in [2.75, 3.05) is 18.5 Å². The summed E-state index contributed by atoms with van der Waals surface area (Å²) in [6, 6.07) is 3.53. The third-order valence-corrected chi connectivity index (χ3v) is 6.57. The minimum absolute atomic E-state index is 0.194. The van der Waals surface area contributed by atoms with Crippen LogP contribution < -0.4 is 10.1 Å². The van der Waals surface area contributed by atoms with E-state index in [4.69, 9.17) is 21.1 Å². The Morgan fingerprint density at radius 3 is 2.59 bits per heavy atom. The quantitative estimate of drug-likeness (QED) is 0.535. The van der Waals surface area contributed by atoms with Crippen LogP contribution in [0.3, 0.4) is 0 Å². The number of esters is 1. The number of halogens is 2. The summed E-state index contributed by atoms with van der Waals surface area (Å²) in [5.41, 5.74) is 2.08. The average molecular weight is 475 g/mol. The van der Waals surface area contributed by atoms with Gasteiger partial charge in [-0.3, -0.25) is 4.79 Å². The molecule has 1 aromatic carbocycles. The molecule has 0 unspecified atom stereocenters. The summed E-state index contributed by atoms with van der Waals surface area (Å²) in [6.07, 6.45) is 0.764. The van der Waals surface area contributed by atoms with E-state index in [1.807, 2.05) is 20.8 Å². The van der Waals surface area contributed by atoms with Crippen LogP contribution in [0, 0.1) is 13.8 Å². The molecule has 1 heterocycles. The molecule has 1 N–H and O–H groups in total. The number of rotatable bonds is 7. The molecule has 2 aromatic rings. The molecule has 1 amide bonds. The van der Waals surface area contributed by atoms with Crippen LogP contribution in [-0.4, -0.2) is 25.1 Å². The maximum absolute atomic E-state index is 12.3. The van der Waals surface area contributed by atoms with Gasteiger partial charge in [0.05, 0.1) is 16.6 Å². The van der Waals surface area contributed by atoms with Crippen LogP contribution in [0.4, 0.5) is 5.00 Å². The number of benzene rings is 1. The van der Waals surface area contributed by atoms with Crippen molar-refractivity contribution < 1.29 is 19.1 Å². The van der Waals surface area contributed by atoms with Crippen LogP contribution in [0.1, 0.15) is 40.2 Å². The van der Waals surface area contributed by atoms with E-state index in [1.165, 1.54) is 11.3 Å². The standard InChI is InChI=1S/C19H21BrClNO4S/c1-5-12-8-13(19(24)25-6-2)18(27-12)22-15(23)9-26-14-7-10(3)17(21)11(4)16(14)20/h7-8H,5-6,9H2,1-4H3,(H,22,23). The smallest absolute Gasteiger partial charge is 0.341 e. The first kappa shape index (κ1) is 21.7. The molecule has 0 saturated heterocycles. The lowest BCUT2D eigenvalue weighted by Crippen LogP contribution is -2.21. The van der Waals surface area contributed by atoms with Gasteiger partial charge in [-0.25, -0.2) is 4.79 Å². The first-order valence-corrected chi connectivity index (χ1v) is 10.4. The zero-order chi connectivity index (χ0) is 20.1. The lowest BCUT2D eigenvalue weighted by molar-refractivity contribution is -0.118. The molecule has 0 bridgehead atoms. The third-order valence-electron chi connectivity index (χ3n) is 3.81. The van der Waals surface area contributed by atoms with E-state index in [9.17, 15) is 9.59 Å². The number of ether oxygens (including phenoxy) is 2. The Labute approximate surface area is 176 Å². The van der Waals surface area contributed by atoms with Gasteiger partial charge in [0.1, 0.15) is 10.8 Å². The number of hydrogen-bond acceptors (Lipinski definition) is 5. The number of aryl methyl sites for hydroxylation is 2. The van der Waals surface area contributed by atoms with Gasteiger partial charge in [0.25, 0.3) is 5.91 Å². The van der Waals surface area contributed by atoms with Crippen molar-refractivity contribution in [1.82, 2.24) is 0 Å². The molecule has 8 heteroatoms. The fraction of sp³-hybridized carbons (Fsp3) is 0.368. The van der Waals surface area contributed by atoms with Gasteiger partial charge in [-0.15, -0.1) is 11.3 Å². The second-order valence-corrected chi connectivity index (χ2v) is 8.12. The van der Waals surface area contributed by atoms with Crippen LogP contribution >= 0.6 is 38.9 Å². The van der Waals surface area contributed by atoms with E-state index < -0.39 is 5.97 Å². The molecule has 0 atom stereocenters. The van der Waals surface area contributed by atoms with Crippen molar-refractivity contribution in [3.05, 3.63) is 43.2 Å². The molecule has 146 valence electrons. The first-order valence-electron chi connectivity index (χ1n) is 8.46. The van der Waals surface area contributed by atoms with Gasteiger partial charge in [0.2, 0.25) is 0 Å². The fourth-order valence-electron chi connectivity index (χ4n) is 2.38. The molecule has 0 saturated carbocycles. The second-order valence-electron chi connectivity index (χ2n) is 5.81. The van der Waals surface area contributed by atoms with Crippen molar-refractivity contribution >= 4 is 55.7 Å². The van der Waals surface area contributed by atoms with Crippen molar-refractivity contribution in [1.29, 1.82) is 0 Å². The molecule has 27 heavy (non-hydrogen) atoms. The van der Waals surface area contributed by atoms with Crippen LogP contribution in [-0.2, 0) is 16.0 Å². The molecule has 0 aliphatic heterocycles. The predicted octanol–water partition coefficient (Wildman–Crippen LogP) is 5.54. The molecule has 2 rings (SSSR count). The Hall–Kier alpha value is -1.57. The van der Waals surface area contributed by atoms with Gasteiger partial charge in [0.15, 0.2) is 6.61 Å². The molecule has 0 spiro atoms. The first-order chi connectivity index (χ1) is 12.8. The number of nitrogens with one attached hydrogen (secondary N) is 1. The average Bonchev–Trinajstić information content (AvgIpc) is 3.05. The zero-order valence-corrected chi connectivity index (χ0v) is 18.7. The maximum Gasteiger partial charge on any atom is 0.341 e. The summed E-state index contributed by atoms with van der Waals surface area (Å²) in [5, 5.41) is 3.88. The monoisotopic (exact) mass is 473 g/mol. The van der Waals surface area contributed by atoms with Crippen molar-refractivity contribution in [2.24, 2.45) is 0 Å². The van der Waals surface area contributed by atoms with E-state index in [0.717, 1.165) is 22.4 Å². The van der Waals surface area contributed by atoms with Gasteiger partial charge in [-0.1, -0.05) is 18.5 Å². The van der Waals surface area contributed by atoms with Crippen LogP contribution in [0.5, 0.6) is 5.75 Å².